The number of alkyl carbamates (subject to hydrolysis) is 1. The summed E-state index contributed by atoms with van der Waals surface area (Å²) in [5.74, 6) is -0.492. The average Bonchev–Trinajstić information content (AvgIpc) is 2.59. The summed E-state index contributed by atoms with van der Waals surface area (Å²) in [6, 6.07) is 4.12. The molecule has 2 unspecified atom stereocenters. The summed E-state index contributed by atoms with van der Waals surface area (Å²) in [6.45, 7) is 15.0. The van der Waals surface area contributed by atoms with Gasteiger partial charge in [0.15, 0.2) is 0 Å². The molecule has 1 aliphatic carbocycles. The van der Waals surface area contributed by atoms with Gasteiger partial charge in [0, 0.05) is 17.3 Å². The first kappa shape index (κ1) is 28.0. The molecule has 1 fully saturated rings. The number of aryl methyl sites for hydroxylation is 2. The number of rotatable bonds is 7. The highest BCUT2D eigenvalue weighted by Crippen LogP contribution is 2.34. The molecule has 7 nitrogen and oxygen atoms in total. The van der Waals surface area contributed by atoms with Crippen LogP contribution in [-0.4, -0.2) is 51.8 Å². The van der Waals surface area contributed by atoms with E-state index in [1.807, 2.05) is 52.8 Å². The number of carbonyl (C=O) groups is 3. The standard InChI is InChI=1S/C26H41N3O4S/c1-16-12-17(2)14-18(13-16)21(22(30)28-25(3,4)5)29(19-10-9-11-19)23(31)20(15-34)27-24(32)33-26(6,7)8/h12-14,19-21,34H,9-11,15H2,1-8H3,(H,27,32)(H,28,30). The van der Waals surface area contributed by atoms with Gasteiger partial charge < -0.3 is 20.3 Å². The second-order valence-electron chi connectivity index (χ2n) is 11.3. The zero-order valence-corrected chi connectivity index (χ0v) is 22.7. The number of carbonyl (C=O) groups excluding carboxylic acids is 3. The zero-order chi connectivity index (χ0) is 25.8. The third-order valence-corrected chi connectivity index (χ3v) is 5.84. The molecule has 1 aromatic rings. The predicted octanol–water partition coefficient (Wildman–Crippen LogP) is 4.46. The molecule has 1 aromatic carbocycles. The topological polar surface area (TPSA) is 87.7 Å². The number of hydrogen-bond acceptors (Lipinski definition) is 5. The van der Waals surface area contributed by atoms with Crippen molar-refractivity contribution < 1.29 is 19.1 Å². The Bertz CT molecular complexity index is 880. The molecule has 1 aliphatic rings. The monoisotopic (exact) mass is 491 g/mol. The number of nitrogens with zero attached hydrogens (tertiary/aromatic N) is 1. The normalized spacial score (nSPS) is 16.1. The Morgan fingerprint density at radius 2 is 1.62 bits per heavy atom. The molecule has 0 heterocycles. The van der Waals surface area contributed by atoms with Crippen molar-refractivity contribution in [3.63, 3.8) is 0 Å². The highest BCUT2D eigenvalue weighted by Gasteiger charge is 2.42. The van der Waals surface area contributed by atoms with E-state index in [9.17, 15) is 14.4 Å². The van der Waals surface area contributed by atoms with Gasteiger partial charge in [-0.3, -0.25) is 9.59 Å². The van der Waals surface area contributed by atoms with Crippen molar-refractivity contribution in [1.82, 2.24) is 15.5 Å². The van der Waals surface area contributed by atoms with Crippen LogP contribution < -0.4 is 10.6 Å². The minimum absolute atomic E-state index is 0.0851. The van der Waals surface area contributed by atoms with Gasteiger partial charge in [-0.2, -0.15) is 12.6 Å². The molecule has 34 heavy (non-hydrogen) atoms. The van der Waals surface area contributed by atoms with Crippen molar-refractivity contribution in [3.05, 3.63) is 34.9 Å². The average molecular weight is 492 g/mol. The summed E-state index contributed by atoms with van der Waals surface area (Å²) in [6.07, 6.45) is 1.92. The van der Waals surface area contributed by atoms with Gasteiger partial charge in [-0.25, -0.2) is 4.79 Å². The van der Waals surface area contributed by atoms with E-state index < -0.39 is 29.3 Å². The predicted molar refractivity (Wildman–Crippen MR) is 138 cm³/mol. The molecule has 2 atom stereocenters. The van der Waals surface area contributed by atoms with E-state index in [2.05, 4.69) is 23.3 Å². The number of thiol groups is 1. The van der Waals surface area contributed by atoms with Crippen molar-refractivity contribution in [2.24, 2.45) is 0 Å². The van der Waals surface area contributed by atoms with Gasteiger partial charge in [-0.15, -0.1) is 0 Å². The van der Waals surface area contributed by atoms with E-state index in [0.717, 1.165) is 36.0 Å². The SMILES string of the molecule is Cc1cc(C)cc(C(C(=O)NC(C)(C)C)N(C(=O)C(CS)NC(=O)OC(C)(C)C)C2CCC2)c1. The minimum Gasteiger partial charge on any atom is -0.444 e. The van der Waals surface area contributed by atoms with E-state index in [4.69, 9.17) is 4.74 Å². The fourth-order valence-electron chi connectivity index (χ4n) is 4.04. The summed E-state index contributed by atoms with van der Waals surface area (Å²) >= 11 is 4.34. The van der Waals surface area contributed by atoms with E-state index in [1.54, 1.807) is 25.7 Å². The zero-order valence-electron chi connectivity index (χ0n) is 21.8. The summed E-state index contributed by atoms with van der Waals surface area (Å²) in [4.78, 5) is 41.7. The molecule has 0 aliphatic heterocycles. The quantitative estimate of drug-likeness (QED) is 0.491. The van der Waals surface area contributed by atoms with Crippen LogP contribution >= 0.6 is 12.6 Å². The minimum atomic E-state index is -0.922. The Balaban J connectivity index is 2.49. The number of hydrogen-bond donors (Lipinski definition) is 3. The third-order valence-electron chi connectivity index (χ3n) is 5.48. The smallest absolute Gasteiger partial charge is 0.408 e. The van der Waals surface area contributed by atoms with E-state index in [-0.39, 0.29) is 23.6 Å². The van der Waals surface area contributed by atoms with Crippen molar-refractivity contribution >= 4 is 30.5 Å². The Labute approximate surface area is 209 Å². The molecule has 1 saturated carbocycles. The molecular weight excluding hydrogens is 450 g/mol. The van der Waals surface area contributed by atoms with Crippen LogP contribution in [-0.2, 0) is 14.3 Å². The first-order chi connectivity index (χ1) is 15.6. The lowest BCUT2D eigenvalue weighted by molar-refractivity contribution is -0.147. The third kappa shape index (κ3) is 7.93. The van der Waals surface area contributed by atoms with Crippen LogP contribution in [0.1, 0.15) is 83.5 Å². The fourth-order valence-corrected chi connectivity index (χ4v) is 4.29. The molecule has 8 heteroatoms. The summed E-state index contributed by atoms with van der Waals surface area (Å²) in [5, 5.41) is 5.72. The molecule has 0 saturated heterocycles. The van der Waals surface area contributed by atoms with Gasteiger partial charge in [0.2, 0.25) is 11.8 Å². The van der Waals surface area contributed by atoms with Crippen LogP contribution in [0.15, 0.2) is 18.2 Å². The molecule has 2 N–H and O–H groups in total. The first-order valence-corrected chi connectivity index (χ1v) is 12.6. The van der Waals surface area contributed by atoms with Crippen LogP contribution in [0.2, 0.25) is 0 Å². The molecule has 3 amide bonds. The molecule has 0 bridgehead atoms. The Morgan fingerprint density at radius 3 is 2.03 bits per heavy atom. The van der Waals surface area contributed by atoms with Gasteiger partial charge in [0.25, 0.3) is 0 Å². The van der Waals surface area contributed by atoms with E-state index in [1.165, 1.54) is 0 Å². The number of ether oxygens (including phenoxy) is 1. The van der Waals surface area contributed by atoms with Crippen molar-refractivity contribution in [1.29, 1.82) is 0 Å². The second kappa shape index (κ2) is 11.0. The molecule has 190 valence electrons. The van der Waals surface area contributed by atoms with Gasteiger partial charge in [-0.05, 0) is 80.2 Å². The molecule has 2 rings (SSSR count). The number of nitrogens with one attached hydrogen (secondary N) is 2. The van der Waals surface area contributed by atoms with Gasteiger partial charge in [0.1, 0.15) is 17.7 Å². The Kier molecular flexibility index (Phi) is 9.08. The van der Waals surface area contributed by atoms with Gasteiger partial charge in [0.05, 0.1) is 0 Å². The molecule has 0 spiro atoms. The van der Waals surface area contributed by atoms with Crippen LogP contribution in [0.3, 0.4) is 0 Å². The lowest BCUT2D eigenvalue weighted by Gasteiger charge is -2.44. The maximum Gasteiger partial charge on any atom is 0.408 e. The van der Waals surface area contributed by atoms with Gasteiger partial charge in [-0.1, -0.05) is 29.3 Å². The van der Waals surface area contributed by atoms with Crippen LogP contribution in [0.25, 0.3) is 0 Å². The maximum atomic E-state index is 13.9. The van der Waals surface area contributed by atoms with Crippen molar-refractivity contribution in [3.8, 4) is 0 Å². The molecule has 0 radical (unpaired) electrons. The number of amides is 3. The molecular formula is C26H41N3O4S. The number of benzene rings is 1. The lowest BCUT2D eigenvalue weighted by Crippen LogP contribution is -2.59. The van der Waals surface area contributed by atoms with E-state index in [0.29, 0.717) is 0 Å². The lowest BCUT2D eigenvalue weighted by atomic mass is 9.87. The highest BCUT2D eigenvalue weighted by atomic mass is 32.1. The summed E-state index contributed by atoms with van der Waals surface area (Å²) in [5.41, 5.74) is 1.62. The maximum absolute atomic E-state index is 13.9. The van der Waals surface area contributed by atoms with Crippen molar-refractivity contribution in [2.45, 2.75) is 104 Å². The Morgan fingerprint density at radius 1 is 1.06 bits per heavy atom. The van der Waals surface area contributed by atoms with Crippen LogP contribution in [0.5, 0.6) is 0 Å². The summed E-state index contributed by atoms with van der Waals surface area (Å²) in [7, 11) is 0. The highest BCUT2D eigenvalue weighted by molar-refractivity contribution is 7.80. The fraction of sp³-hybridized carbons (Fsp3) is 0.654. The van der Waals surface area contributed by atoms with Crippen LogP contribution in [0, 0.1) is 13.8 Å². The second-order valence-corrected chi connectivity index (χ2v) is 11.6. The summed E-state index contributed by atoms with van der Waals surface area (Å²) < 4.78 is 5.36. The van der Waals surface area contributed by atoms with Crippen molar-refractivity contribution in [2.75, 3.05) is 5.75 Å². The first-order valence-electron chi connectivity index (χ1n) is 11.9. The van der Waals surface area contributed by atoms with Gasteiger partial charge >= 0.3 is 6.09 Å². The van der Waals surface area contributed by atoms with Crippen LogP contribution in [0.4, 0.5) is 4.79 Å². The van der Waals surface area contributed by atoms with E-state index >= 15 is 0 Å². The largest absolute Gasteiger partial charge is 0.444 e. The Hall–Kier alpha value is -2.22. The molecule has 0 aromatic heterocycles.